The fourth-order valence-electron chi connectivity index (χ4n) is 6.65. The summed E-state index contributed by atoms with van der Waals surface area (Å²) < 4.78 is 22.6. The predicted molar refractivity (Wildman–Crippen MR) is 251 cm³/mol. The zero-order valence-corrected chi connectivity index (χ0v) is 40.0. The van der Waals surface area contributed by atoms with Crippen molar-refractivity contribution in [3.05, 3.63) is 48.6 Å². The smallest absolute Gasteiger partial charge is 0.306 e. The van der Waals surface area contributed by atoms with E-state index in [1.54, 1.807) is 0 Å². The highest BCUT2D eigenvalue weighted by molar-refractivity contribution is 5.70. The molecule has 0 rings (SSSR count). The van der Waals surface area contributed by atoms with Crippen molar-refractivity contribution in [3.63, 3.8) is 0 Å². The van der Waals surface area contributed by atoms with E-state index in [1.165, 1.54) is 103 Å². The number of carbonyl (C=O) groups is 3. The predicted octanol–water partition coefficient (Wildman–Crippen LogP) is 12.2. The van der Waals surface area contributed by atoms with Crippen molar-refractivity contribution < 1.29 is 42.9 Å². The Morgan fingerprint density at radius 2 is 0.885 bits per heavy atom. The van der Waals surface area contributed by atoms with Gasteiger partial charge in [-0.2, -0.15) is 0 Å². The second kappa shape index (κ2) is 43.9. The lowest BCUT2D eigenvalue weighted by Gasteiger charge is -2.26. The molecular formula is C52H93NO8. The molecule has 354 valence electrons. The van der Waals surface area contributed by atoms with Gasteiger partial charge in [-0.25, -0.2) is 0 Å². The summed E-state index contributed by atoms with van der Waals surface area (Å²) in [5, 5.41) is 11.7. The highest BCUT2D eigenvalue weighted by atomic mass is 16.7. The number of unbranched alkanes of at least 4 members (excludes halogenated alkanes) is 22. The topological polar surface area (TPSA) is 111 Å². The SMILES string of the molecule is CCCCCC/C=C\C/C=C\CCCCCCCCCC(=O)OCC(COC(OCC[N+](C)(C)C)C(=O)[O-])OC(=O)CCCCCCCCC/C=C\C/C=C\CCCCCC. The molecule has 2 atom stereocenters. The van der Waals surface area contributed by atoms with Gasteiger partial charge >= 0.3 is 11.9 Å². The largest absolute Gasteiger partial charge is 0.545 e. The zero-order valence-electron chi connectivity index (χ0n) is 40.0. The van der Waals surface area contributed by atoms with Gasteiger partial charge in [0.1, 0.15) is 13.2 Å². The second-order valence-corrected chi connectivity index (χ2v) is 17.7. The van der Waals surface area contributed by atoms with E-state index < -0.39 is 24.3 Å². The minimum atomic E-state index is -1.62. The number of nitrogens with zero attached hydrogens (tertiary/aromatic N) is 1. The van der Waals surface area contributed by atoms with Crippen LogP contribution in [-0.4, -0.2) is 82.3 Å². The number of aliphatic carboxylic acids is 1. The first kappa shape index (κ1) is 58.2. The van der Waals surface area contributed by atoms with Crippen LogP contribution in [0.1, 0.15) is 206 Å². The third-order valence-corrected chi connectivity index (χ3v) is 10.5. The zero-order chi connectivity index (χ0) is 44.9. The first-order valence-corrected chi connectivity index (χ1v) is 24.8. The van der Waals surface area contributed by atoms with Crippen LogP contribution in [0.4, 0.5) is 0 Å². The molecule has 0 aromatic heterocycles. The minimum Gasteiger partial charge on any atom is -0.545 e. The van der Waals surface area contributed by atoms with Gasteiger partial charge in [0.2, 0.25) is 0 Å². The van der Waals surface area contributed by atoms with E-state index in [1.807, 2.05) is 21.1 Å². The lowest BCUT2D eigenvalue weighted by Crippen LogP contribution is -2.44. The summed E-state index contributed by atoms with van der Waals surface area (Å²) in [5.74, 6) is -2.30. The van der Waals surface area contributed by atoms with E-state index in [2.05, 4.69) is 62.5 Å². The maximum Gasteiger partial charge on any atom is 0.306 e. The number of likely N-dealkylation sites (N-methyl/N-ethyl adjacent to an activating group) is 1. The van der Waals surface area contributed by atoms with E-state index >= 15 is 0 Å². The Kier molecular flexibility index (Phi) is 41.9. The Balaban J connectivity index is 4.40. The fourth-order valence-corrected chi connectivity index (χ4v) is 6.65. The van der Waals surface area contributed by atoms with Gasteiger partial charge in [-0.05, 0) is 77.0 Å². The molecule has 0 radical (unpaired) electrons. The number of hydrogen-bond donors (Lipinski definition) is 0. The van der Waals surface area contributed by atoms with Crippen LogP contribution in [0.15, 0.2) is 48.6 Å². The summed E-state index contributed by atoms with van der Waals surface area (Å²) in [4.78, 5) is 37.1. The van der Waals surface area contributed by atoms with Crippen LogP contribution in [0, 0.1) is 0 Å². The van der Waals surface area contributed by atoms with E-state index in [4.69, 9.17) is 18.9 Å². The van der Waals surface area contributed by atoms with Crippen molar-refractivity contribution in [3.8, 4) is 0 Å². The van der Waals surface area contributed by atoms with Crippen molar-refractivity contribution in [2.45, 2.75) is 219 Å². The second-order valence-electron chi connectivity index (χ2n) is 17.7. The molecule has 0 spiro atoms. The van der Waals surface area contributed by atoms with Gasteiger partial charge in [0.05, 0.1) is 40.3 Å². The third-order valence-electron chi connectivity index (χ3n) is 10.5. The Labute approximate surface area is 374 Å². The van der Waals surface area contributed by atoms with Crippen LogP contribution in [0.25, 0.3) is 0 Å². The quantitative estimate of drug-likeness (QED) is 0.0196. The summed E-state index contributed by atoms with van der Waals surface area (Å²) >= 11 is 0. The molecule has 0 N–H and O–H groups in total. The van der Waals surface area contributed by atoms with E-state index in [0.717, 1.165) is 70.6 Å². The molecule has 0 aromatic rings. The molecule has 0 heterocycles. The highest BCUT2D eigenvalue weighted by Crippen LogP contribution is 2.14. The first-order chi connectivity index (χ1) is 29.6. The number of esters is 2. The van der Waals surface area contributed by atoms with Gasteiger partial charge in [-0.1, -0.05) is 165 Å². The molecule has 0 bridgehead atoms. The summed E-state index contributed by atoms with van der Waals surface area (Å²) in [6.45, 7) is 4.69. The number of carbonyl (C=O) groups excluding carboxylic acids is 3. The summed E-state index contributed by atoms with van der Waals surface area (Å²) in [6.07, 6.45) is 48.5. The number of carboxylic acid groups (broad SMARTS) is 1. The molecule has 0 fully saturated rings. The molecule has 0 saturated heterocycles. The molecule has 9 heteroatoms. The molecule has 61 heavy (non-hydrogen) atoms. The van der Waals surface area contributed by atoms with Gasteiger partial charge in [0.25, 0.3) is 0 Å². The molecule has 0 aliphatic carbocycles. The Bertz CT molecular complexity index is 1140. The number of quaternary nitrogens is 1. The number of carboxylic acids is 1. The average molecular weight is 860 g/mol. The molecule has 0 aliphatic heterocycles. The molecular weight excluding hydrogens is 767 g/mol. The first-order valence-electron chi connectivity index (χ1n) is 24.8. The van der Waals surface area contributed by atoms with Gasteiger partial charge in [0.15, 0.2) is 12.4 Å². The van der Waals surface area contributed by atoms with Gasteiger partial charge in [-0.3, -0.25) is 9.59 Å². The highest BCUT2D eigenvalue weighted by Gasteiger charge is 2.21. The van der Waals surface area contributed by atoms with Crippen molar-refractivity contribution in [1.82, 2.24) is 0 Å². The molecule has 2 unspecified atom stereocenters. The maximum atomic E-state index is 12.8. The maximum absolute atomic E-state index is 12.8. The normalized spacial score (nSPS) is 13.3. The number of ether oxygens (including phenoxy) is 4. The summed E-state index contributed by atoms with van der Waals surface area (Å²) in [7, 11) is 5.91. The van der Waals surface area contributed by atoms with Crippen molar-refractivity contribution in [2.24, 2.45) is 0 Å². The van der Waals surface area contributed by atoms with Crippen LogP contribution in [0.5, 0.6) is 0 Å². The van der Waals surface area contributed by atoms with Crippen LogP contribution in [-0.2, 0) is 33.3 Å². The van der Waals surface area contributed by atoms with E-state index in [9.17, 15) is 19.5 Å². The van der Waals surface area contributed by atoms with Crippen LogP contribution < -0.4 is 5.11 Å². The molecule has 0 saturated carbocycles. The van der Waals surface area contributed by atoms with Crippen molar-refractivity contribution in [2.75, 3.05) is 47.5 Å². The number of allylic oxidation sites excluding steroid dienone is 8. The van der Waals surface area contributed by atoms with Crippen LogP contribution >= 0.6 is 0 Å². The molecule has 0 aromatic carbocycles. The molecule has 0 amide bonds. The Morgan fingerprint density at radius 1 is 0.492 bits per heavy atom. The lowest BCUT2D eigenvalue weighted by molar-refractivity contribution is -0.870. The van der Waals surface area contributed by atoms with E-state index in [-0.39, 0.29) is 38.6 Å². The van der Waals surface area contributed by atoms with Gasteiger partial charge in [0, 0.05) is 12.8 Å². The fraction of sp³-hybridized carbons (Fsp3) is 0.788. The van der Waals surface area contributed by atoms with E-state index in [0.29, 0.717) is 17.4 Å². The summed E-state index contributed by atoms with van der Waals surface area (Å²) in [5.41, 5.74) is 0. The standard InChI is InChI=1S/C52H93NO8/c1-6-8-10-12-14-16-18-20-22-24-26-28-30-32-34-36-38-40-42-49(54)59-46-48(47-60-52(51(56)57)58-45-44-53(3,4)5)61-50(55)43-41-39-37-35-33-31-29-27-25-23-21-19-17-15-13-11-9-7-2/h16-19,22-25,48,52H,6-15,20-21,26-47H2,1-5H3/b18-16-,19-17-,24-22-,25-23-. The number of rotatable bonds is 45. The number of hydrogen-bond acceptors (Lipinski definition) is 8. The van der Waals surface area contributed by atoms with Gasteiger partial charge < -0.3 is 33.3 Å². The molecule has 0 aliphatic rings. The monoisotopic (exact) mass is 860 g/mol. The summed E-state index contributed by atoms with van der Waals surface area (Å²) in [6, 6.07) is 0. The average Bonchev–Trinajstić information content (AvgIpc) is 3.22. The third kappa shape index (κ3) is 45.1. The minimum absolute atomic E-state index is 0.143. The van der Waals surface area contributed by atoms with Gasteiger partial charge in [-0.15, -0.1) is 0 Å². The van der Waals surface area contributed by atoms with Crippen molar-refractivity contribution in [1.29, 1.82) is 0 Å². The van der Waals surface area contributed by atoms with Crippen molar-refractivity contribution >= 4 is 17.9 Å². The van der Waals surface area contributed by atoms with Crippen LogP contribution in [0.3, 0.4) is 0 Å². The Morgan fingerprint density at radius 3 is 1.30 bits per heavy atom. The van der Waals surface area contributed by atoms with Crippen LogP contribution in [0.2, 0.25) is 0 Å². The Hall–Kier alpha value is -2.75. The molecule has 9 nitrogen and oxygen atoms in total. The lowest BCUT2D eigenvalue weighted by atomic mass is 10.1.